The number of halogens is 2. The Bertz CT molecular complexity index is 351. The Morgan fingerprint density at radius 3 is 2.94 bits per heavy atom. The first kappa shape index (κ1) is 12.0. The lowest BCUT2D eigenvalue weighted by Gasteiger charge is -2.12. The number of nitrogens with one attached hydrogen (secondary N) is 1. The SMILES string of the molecule is Clc1ccc(OCCC2CCCN2)c(Cl)c1. The third-order valence-electron chi connectivity index (χ3n) is 2.78. The molecule has 1 atom stereocenters. The van der Waals surface area contributed by atoms with Gasteiger partial charge < -0.3 is 10.1 Å². The standard InChI is InChI=1S/C12H15Cl2NO/c13-9-3-4-12(11(14)8-9)16-7-5-10-2-1-6-15-10/h3-4,8,10,15H,1-2,5-7H2. The van der Waals surface area contributed by atoms with Crippen molar-refractivity contribution in [2.45, 2.75) is 25.3 Å². The van der Waals surface area contributed by atoms with Crippen LogP contribution in [0.1, 0.15) is 19.3 Å². The Hall–Kier alpha value is -0.440. The summed E-state index contributed by atoms with van der Waals surface area (Å²) < 4.78 is 5.62. The van der Waals surface area contributed by atoms with E-state index in [1.807, 2.05) is 6.07 Å². The minimum atomic E-state index is 0.576. The Kier molecular flexibility index (Phi) is 4.33. The van der Waals surface area contributed by atoms with Crippen LogP contribution < -0.4 is 10.1 Å². The number of hydrogen-bond acceptors (Lipinski definition) is 2. The lowest BCUT2D eigenvalue weighted by atomic mass is 10.2. The molecule has 0 aliphatic carbocycles. The third kappa shape index (κ3) is 3.27. The van der Waals surface area contributed by atoms with Crippen molar-refractivity contribution in [2.24, 2.45) is 0 Å². The zero-order valence-corrected chi connectivity index (χ0v) is 10.5. The number of rotatable bonds is 4. The average Bonchev–Trinajstić information content (AvgIpc) is 2.74. The van der Waals surface area contributed by atoms with Crippen molar-refractivity contribution < 1.29 is 4.74 Å². The zero-order valence-electron chi connectivity index (χ0n) is 9.01. The molecule has 88 valence electrons. The molecule has 0 saturated carbocycles. The number of benzene rings is 1. The van der Waals surface area contributed by atoms with Gasteiger partial charge in [0.2, 0.25) is 0 Å². The Balaban J connectivity index is 1.80. The van der Waals surface area contributed by atoms with Gasteiger partial charge in [0, 0.05) is 11.1 Å². The van der Waals surface area contributed by atoms with E-state index in [9.17, 15) is 0 Å². The summed E-state index contributed by atoms with van der Waals surface area (Å²) in [5.41, 5.74) is 0. The van der Waals surface area contributed by atoms with E-state index in [0.717, 1.165) is 13.0 Å². The van der Waals surface area contributed by atoms with Gasteiger partial charge in [-0.05, 0) is 44.0 Å². The molecule has 0 radical (unpaired) electrons. The van der Waals surface area contributed by atoms with Gasteiger partial charge in [-0.25, -0.2) is 0 Å². The minimum absolute atomic E-state index is 0.576. The van der Waals surface area contributed by atoms with E-state index in [-0.39, 0.29) is 0 Å². The molecule has 1 aromatic carbocycles. The molecule has 1 saturated heterocycles. The second kappa shape index (κ2) is 5.76. The molecule has 0 bridgehead atoms. The monoisotopic (exact) mass is 259 g/mol. The molecule has 1 N–H and O–H groups in total. The highest BCUT2D eigenvalue weighted by Crippen LogP contribution is 2.27. The maximum absolute atomic E-state index is 6.00. The van der Waals surface area contributed by atoms with Crippen LogP contribution in [0.3, 0.4) is 0 Å². The summed E-state index contributed by atoms with van der Waals surface area (Å²) >= 11 is 11.8. The van der Waals surface area contributed by atoms with Gasteiger partial charge in [-0.3, -0.25) is 0 Å². The van der Waals surface area contributed by atoms with Crippen molar-refractivity contribution in [2.75, 3.05) is 13.2 Å². The quantitative estimate of drug-likeness (QED) is 0.894. The molecule has 4 heteroatoms. The van der Waals surface area contributed by atoms with Crippen molar-refractivity contribution in [1.82, 2.24) is 5.32 Å². The summed E-state index contributed by atoms with van der Waals surface area (Å²) in [5.74, 6) is 0.712. The van der Waals surface area contributed by atoms with Crippen molar-refractivity contribution >= 4 is 23.2 Å². The lowest BCUT2D eigenvalue weighted by molar-refractivity contribution is 0.292. The van der Waals surface area contributed by atoms with E-state index in [1.165, 1.54) is 12.8 Å². The molecule has 1 heterocycles. The lowest BCUT2D eigenvalue weighted by Crippen LogP contribution is -2.23. The van der Waals surface area contributed by atoms with E-state index in [0.29, 0.717) is 28.4 Å². The van der Waals surface area contributed by atoms with Crippen LogP contribution in [0.2, 0.25) is 10.0 Å². The maximum Gasteiger partial charge on any atom is 0.137 e. The molecular weight excluding hydrogens is 245 g/mol. The van der Waals surface area contributed by atoms with Crippen molar-refractivity contribution in [3.8, 4) is 5.75 Å². The van der Waals surface area contributed by atoms with Gasteiger partial charge in [-0.2, -0.15) is 0 Å². The van der Waals surface area contributed by atoms with Crippen LogP contribution in [0, 0.1) is 0 Å². The summed E-state index contributed by atoms with van der Waals surface area (Å²) in [6, 6.07) is 5.90. The Labute approximate surface area is 106 Å². The first-order chi connectivity index (χ1) is 7.75. The smallest absolute Gasteiger partial charge is 0.137 e. The summed E-state index contributed by atoms with van der Waals surface area (Å²) in [4.78, 5) is 0. The Morgan fingerprint density at radius 2 is 2.25 bits per heavy atom. The van der Waals surface area contributed by atoms with Gasteiger partial charge >= 0.3 is 0 Å². The van der Waals surface area contributed by atoms with Gasteiger partial charge in [-0.15, -0.1) is 0 Å². The highest BCUT2D eigenvalue weighted by molar-refractivity contribution is 6.35. The second-order valence-electron chi connectivity index (χ2n) is 4.01. The molecule has 2 nitrogen and oxygen atoms in total. The fraction of sp³-hybridized carbons (Fsp3) is 0.500. The predicted molar refractivity (Wildman–Crippen MR) is 67.6 cm³/mol. The minimum Gasteiger partial charge on any atom is -0.492 e. The van der Waals surface area contributed by atoms with Gasteiger partial charge in [0.05, 0.1) is 11.6 Å². The van der Waals surface area contributed by atoms with E-state index in [2.05, 4.69) is 5.32 Å². The average molecular weight is 260 g/mol. The van der Waals surface area contributed by atoms with Crippen LogP contribution in [0.25, 0.3) is 0 Å². The Morgan fingerprint density at radius 1 is 1.38 bits per heavy atom. The van der Waals surface area contributed by atoms with Crippen molar-refractivity contribution in [3.05, 3.63) is 28.2 Å². The normalized spacial score (nSPS) is 20.0. The first-order valence-electron chi connectivity index (χ1n) is 5.57. The van der Waals surface area contributed by atoms with Crippen LogP contribution in [-0.2, 0) is 0 Å². The van der Waals surface area contributed by atoms with Crippen LogP contribution in [0.4, 0.5) is 0 Å². The fourth-order valence-electron chi connectivity index (χ4n) is 1.91. The molecule has 1 fully saturated rings. The molecule has 1 aliphatic heterocycles. The molecular formula is C12H15Cl2NO. The summed E-state index contributed by atoms with van der Waals surface area (Å²) in [5, 5.41) is 4.64. The van der Waals surface area contributed by atoms with Gasteiger partial charge in [-0.1, -0.05) is 23.2 Å². The van der Waals surface area contributed by atoms with Crippen LogP contribution in [0.15, 0.2) is 18.2 Å². The van der Waals surface area contributed by atoms with Gasteiger partial charge in [0.25, 0.3) is 0 Å². The number of ether oxygens (including phenoxy) is 1. The fourth-order valence-corrected chi connectivity index (χ4v) is 2.37. The summed E-state index contributed by atoms with van der Waals surface area (Å²) in [6.45, 7) is 1.82. The molecule has 16 heavy (non-hydrogen) atoms. The van der Waals surface area contributed by atoms with E-state index in [4.69, 9.17) is 27.9 Å². The first-order valence-corrected chi connectivity index (χ1v) is 6.32. The topological polar surface area (TPSA) is 21.3 Å². The number of hydrogen-bond donors (Lipinski definition) is 1. The largest absolute Gasteiger partial charge is 0.492 e. The molecule has 0 spiro atoms. The van der Waals surface area contributed by atoms with Gasteiger partial charge in [0.15, 0.2) is 0 Å². The second-order valence-corrected chi connectivity index (χ2v) is 4.85. The molecule has 0 amide bonds. The molecule has 1 aromatic rings. The van der Waals surface area contributed by atoms with E-state index in [1.54, 1.807) is 12.1 Å². The van der Waals surface area contributed by atoms with Crippen LogP contribution in [0.5, 0.6) is 5.75 Å². The zero-order chi connectivity index (χ0) is 11.4. The van der Waals surface area contributed by atoms with Gasteiger partial charge in [0.1, 0.15) is 5.75 Å². The highest BCUT2D eigenvalue weighted by Gasteiger charge is 2.13. The predicted octanol–water partition coefficient (Wildman–Crippen LogP) is 3.51. The maximum atomic E-state index is 6.00. The van der Waals surface area contributed by atoms with Crippen molar-refractivity contribution in [3.63, 3.8) is 0 Å². The van der Waals surface area contributed by atoms with E-state index < -0.39 is 0 Å². The summed E-state index contributed by atoms with van der Waals surface area (Å²) in [7, 11) is 0. The van der Waals surface area contributed by atoms with Crippen molar-refractivity contribution in [1.29, 1.82) is 0 Å². The third-order valence-corrected chi connectivity index (χ3v) is 3.31. The van der Waals surface area contributed by atoms with Crippen LogP contribution in [-0.4, -0.2) is 19.2 Å². The molecule has 2 rings (SSSR count). The molecule has 0 aromatic heterocycles. The highest BCUT2D eigenvalue weighted by atomic mass is 35.5. The molecule has 1 unspecified atom stereocenters. The van der Waals surface area contributed by atoms with Crippen LogP contribution >= 0.6 is 23.2 Å². The van der Waals surface area contributed by atoms with E-state index >= 15 is 0 Å². The summed E-state index contributed by atoms with van der Waals surface area (Å²) in [6.07, 6.45) is 3.54. The molecule has 1 aliphatic rings.